The normalized spacial score (nSPS) is 17.0. The minimum Gasteiger partial charge on any atom is -0.452 e. The number of nitrogens with two attached hydrogens (primary N) is 1. The second-order valence-electron chi connectivity index (χ2n) is 5.19. The summed E-state index contributed by atoms with van der Waals surface area (Å²) < 4.78 is 7.51. The molecule has 2 heterocycles. The van der Waals surface area contributed by atoms with Gasteiger partial charge in [0, 0.05) is 23.4 Å². The van der Waals surface area contributed by atoms with Crippen LogP contribution in [-0.2, 0) is 4.79 Å². The molecule has 7 heteroatoms. The van der Waals surface area contributed by atoms with Crippen molar-refractivity contribution in [2.45, 2.75) is 25.9 Å². The Hall–Kier alpha value is -2.05. The van der Waals surface area contributed by atoms with E-state index in [9.17, 15) is 4.79 Å². The number of fused-ring (bicyclic) bond motifs is 1. The average Bonchev–Trinajstić information content (AvgIpc) is 2.99. The van der Waals surface area contributed by atoms with Gasteiger partial charge in [-0.15, -0.1) is 0 Å². The largest absolute Gasteiger partial charge is 0.452 e. The Morgan fingerprint density at radius 2 is 2.24 bits per heavy atom. The van der Waals surface area contributed by atoms with Crippen molar-refractivity contribution in [2.24, 2.45) is 5.73 Å². The van der Waals surface area contributed by atoms with Gasteiger partial charge in [-0.25, -0.2) is 0 Å². The lowest BCUT2D eigenvalue weighted by atomic mass is 10.1. The highest BCUT2D eigenvalue weighted by Gasteiger charge is 2.28. The number of anilines is 1. The predicted molar refractivity (Wildman–Crippen MR) is 79.7 cm³/mol. The SMILES string of the molecule is CC(C)n1cc(Oc2cc3c(cc2Cl)C(N)C(=O)N3)cn1. The molecule has 0 fully saturated rings. The number of nitrogens with one attached hydrogen (secondary N) is 1. The Labute approximate surface area is 126 Å². The third-order valence-corrected chi connectivity index (χ3v) is 3.61. The number of halogens is 1. The number of nitrogens with zero attached hydrogens (tertiary/aromatic N) is 2. The maximum Gasteiger partial charge on any atom is 0.245 e. The molecule has 3 N–H and O–H groups in total. The van der Waals surface area contributed by atoms with E-state index in [-0.39, 0.29) is 11.9 Å². The van der Waals surface area contributed by atoms with Crippen molar-refractivity contribution in [2.75, 3.05) is 5.32 Å². The zero-order valence-electron chi connectivity index (χ0n) is 11.6. The van der Waals surface area contributed by atoms with Crippen LogP contribution in [-0.4, -0.2) is 15.7 Å². The first-order valence-corrected chi connectivity index (χ1v) is 6.95. The van der Waals surface area contributed by atoms with Crippen molar-refractivity contribution in [1.82, 2.24) is 9.78 Å². The van der Waals surface area contributed by atoms with Crippen molar-refractivity contribution < 1.29 is 9.53 Å². The van der Waals surface area contributed by atoms with Gasteiger partial charge in [0.1, 0.15) is 11.8 Å². The minimum atomic E-state index is -0.685. The monoisotopic (exact) mass is 306 g/mol. The van der Waals surface area contributed by atoms with E-state index in [4.69, 9.17) is 22.1 Å². The quantitative estimate of drug-likeness (QED) is 0.913. The molecular formula is C14H15ClN4O2. The number of amides is 1. The highest BCUT2D eigenvalue weighted by molar-refractivity contribution is 6.32. The van der Waals surface area contributed by atoms with Crippen molar-refractivity contribution >= 4 is 23.2 Å². The number of aromatic nitrogens is 2. The third-order valence-electron chi connectivity index (χ3n) is 3.31. The van der Waals surface area contributed by atoms with E-state index in [1.165, 1.54) is 0 Å². The van der Waals surface area contributed by atoms with Gasteiger partial charge < -0.3 is 15.8 Å². The Kier molecular flexibility index (Phi) is 3.35. The predicted octanol–water partition coefficient (Wildman–Crippen LogP) is 2.86. The summed E-state index contributed by atoms with van der Waals surface area (Å²) >= 11 is 6.19. The summed E-state index contributed by atoms with van der Waals surface area (Å²) in [6.45, 7) is 4.05. The molecular weight excluding hydrogens is 292 g/mol. The molecule has 6 nitrogen and oxygen atoms in total. The van der Waals surface area contributed by atoms with Crippen LogP contribution in [0.2, 0.25) is 5.02 Å². The van der Waals surface area contributed by atoms with Crippen LogP contribution in [0.1, 0.15) is 31.5 Å². The molecule has 0 aliphatic carbocycles. The van der Waals surface area contributed by atoms with Gasteiger partial charge in [-0.1, -0.05) is 11.6 Å². The number of hydrogen-bond acceptors (Lipinski definition) is 4. The molecule has 1 unspecified atom stereocenters. The molecule has 21 heavy (non-hydrogen) atoms. The molecule has 1 atom stereocenters. The molecule has 0 bridgehead atoms. The molecule has 0 spiro atoms. The van der Waals surface area contributed by atoms with Gasteiger partial charge in [-0.3, -0.25) is 9.48 Å². The number of carbonyl (C=O) groups excluding carboxylic acids is 1. The summed E-state index contributed by atoms with van der Waals surface area (Å²) in [5, 5.41) is 7.30. The van der Waals surface area contributed by atoms with Crippen LogP contribution in [0.4, 0.5) is 5.69 Å². The zero-order valence-corrected chi connectivity index (χ0v) is 12.4. The van der Waals surface area contributed by atoms with Crippen LogP contribution >= 0.6 is 11.6 Å². The van der Waals surface area contributed by atoms with Crippen molar-refractivity contribution in [3.63, 3.8) is 0 Å². The minimum absolute atomic E-state index is 0.245. The highest BCUT2D eigenvalue weighted by Crippen LogP contribution is 2.39. The topological polar surface area (TPSA) is 82.2 Å². The zero-order chi connectivity index (χ0) is 15.1. The van der Waals surface area contributed by atoms with Crippen LogP contribution in [0.15, 0.2) is 24.5 Å². The lowest BCUT2D eigenvalue weighted by Crippen LogP contribution is -2.19. The molecule has 2 aromatic rings. The van der Waals surface area contributed by atoms with Gasteiger partial charge >= 0.3 is 0 Å². The van der Waals surface area contributed by atoms with Crippen LogP contribution in [0.25, 0.3) is 0 Å². The van der Waals surface area contributed by atoms with Crippen LogP contribution in [0.5, 0.6) is 11.5 Å². The molecule has 1 aromatic carbocycles. The molecule has 0 radical (unpaired) electrons. The average molecular weight is 307 g/mol. The second kappa shape index (κ2) is 5.05. The first kappa shape index (κ1) is 13.9. The molecule has 0 saturated carbocycles. The van der Waals surface area contributed by atoms with E-state index >= 15 is 0 Å². The van der Waals surface area contributed by atoms with Gasteiger partial charge in [0.15, 0.2) is 5.75 Å². The van der Waals surface area contributed by atoms with Gasteiger partial charge in [0.25, 0.3) is 0 Å². The Morgan fingerprint density at radius 1 is 1.48 bits per heavy atom. The van der Waals surface area contributed by atoms with Crippen molar-refractivity contribution in [3.8, 4) is 11.5 Å². The maximum absolute atomic E-state index is 11.6. The summed E-state index contributed by atoms with van der Waals surface area (Å²) in [5.41, 5.74) is 7.08. The number of ether oxygens (including phenoxy) is 1. The number of benzene rings is 1. The fourth-order valence-corrected chi connectivity index (χ4v) is 2.36. The lowest BCUT2D eigenvalue weighted by Gasteiger charge is -2.09. The summed E-state index contributed by atoms with van der Waals surface area (Å²) in [7, 11) is 0. The number of carbonyl (C=O) groups is 1. The van der Waals surface area contributed by atoms with Crippen LogP contribution < -0.4 is 15.8 Å². The molecule has 1 aliphatic rings. The Bertz CT molecular complexity index is 711. The third kappa shape index (κ3) is 2.48. The smallest absolute Gasteiger partial charge is 0.245 e. The van der Waals surface area contributed by atoms with Crippen LogP contribution in [0, 0.1) is 0 Å². The first-order chi connectivity index (χ1) is 9.95. The van der Waals surface area contributed by atoms with Gasteiger partial charge in [-0.2, -0.15) is 5.10 Å². The van der Waals surface area contributed by atoms with E-state index in [2.05, 4.69) is 10.4 Å². The Balaban J connectivity index is 1.89. The molecule has 1 amide bonds. The van der Waals surface area contributed by atoms with Crippen LogP contribution in [0.3, 0.4) is 0 Å². The van der Waals surface area contributed by atoms with E-state index in [0.29, 0.717) is 27.8 Å². The van der Waals surface area contributed by atoms with E-state index in [1.54, 1.807) is 29.2 Å². The van der Waals surface area contributed by atoms with Crippen molar-refractivity contribution in [3.05, 3.63) is 35.1 Å². The van der Waals surface area contributed by atoms with Gasteiger partial charge in [-0.05, 0) is 19.9 Å². The van der Waals surface area contributed by atoms with E-state index < -0.39 is 6.04 Å². The highest BCUT2D eigenvalue weighted by atomic mass is 35.5. The van der Waals surface area contributed by atoms with Crippen molar-refractivity contribution in [1.29, 1.82) is 0 Å². The van der Waals surface area contributed by atoms with E-state index in [0.717, 1.165) is 0 Å². The first-order valence-electron chi connectivity index (χ1n) is 6.57. The van der Waals surface area contributed by atoms with Gasteiger partial charge in [0.2, 0.25) is 5.91 Å². The molecule has 1 aromatic heterocycles. The van der Waals surface area contributed by atoms with Gasteiger partial charge in [0.05, 0.1) is 17.4 Å². The summed E-state index contributed by atoms with van der Waals surface area (Å²) in [6.07, 6.45) is 3.41. The Morgan fingerprint density at radius 3 is 2.90 bits per heavy atom. The summed E-state index contributed by atoms with van der Waals surface area (Å²) in [6, 6.07) is 2.89. The molecule has 1 aliphatic heterocycles. The summed E-state index contributed by atoms with van der Waals surface area (Å²) in [4.78, 5) is 11.6. The molecule has 0 saturated heterocycles. The standard InChI is InChI=1S/C14H15ClN4O2/c1-7(2)19-6-8(5-17-19)21-12-4-11-9(3-10(12)15)13(16)14(20)18-11/h3-7,13H,16H2,1-2H3,(H,18,20). The number of rotatable bonds is 3. The fraction of sp³-hybridized carbons (Fsp3) is 0.286. The maximum atomic E-state index is 11.6. The second-order valence-corrected chi connectivity index (χ2v) is 5.60. The van der Waals surface area contributed by atoms with E-state index in [1.807, 2.05) is 13.8 Å². The fourth-order valence-electron chi connectivity index (χ4n) is 2.15. The molecule has 110 valence electrons. The lowest BCUT2D eigenvalue weighted by molar-refractivity contribution is -0.116. The summed E-state index contributed by atoms with van der Waals surface area (Å²) in [5.74, 6) is 0.790. The molecule has 3 rings (SSSR count). The number of hydrogen-bond donors (Lipinski definition) is 2.